The number of carbonyl (C=O) groups excluding carboxylic acids is 1. The fraction of sp³-hybridized carbons (Fsp3) is 0.333. The van der Waals surface area contributed by atoms with Gasteiger partial charge in [-0.3, -0.25) is 9.48 Å². The van der Waals surface area contributed by atoms with Gasteiger partial charge in [0.15, 0.2) is 6.10 Å². The number of nitrogens with one attached hydrogen (secondary N) is 2. The fourth-order valence-electron chi connectivity index (χ4n) is 2.44. The van der Waals surface area contributed by atoms with Crippen molar-refractivity contribution >= 4 is 21.6 Å². The number of amides is 1. The molecule has 128 valence electrons. The molecule has 0 fully saturated rings. The number of hydrogen-bond donors (Lipinski definition) is 2. The molecule has 8 nitrogen and oxygen atoms in total. The number of nitrogens with zero attached hydrogens (tertiary/aromatic N) is 2. The average molecular weight is 350 g/mol. The monoisotopic (exact) mass is 350 g/mol. The second kappa shape index (κ2) is 5.91. The molecule has 1 atom stereocenters. The molecule has 9 heteroatoms. The summed E-state index contributed by atoms with van der Waals surface area (Å²) in [6, 6.07) is 6.18. The van der Waals surface area contributed by atoms with E-state index in [1.165, 1.54) is 18.2 Å². The van der Waals surface area contributed by atoms with Crippen LogP contribution in [-0.4, -0.2) is 30.2 Å². The number of ether oxygens (including phenoxy) is 1. The molecule has 1 unspecified atom stereocenters. The Kier molecular flexibility index (Phi) is 4.06. The molecule has 0 saturated carbocycles. The molecule has 2 aromatic rings. The van der Waals surface area contributed by atoms with Crippen LogP contribution in [0.3, 0.4) is 0 Å². The first-order chi connectivity index (χ1) is 11.3. The Hall–Kier alpha value is -2.39. The summed E-state index contributed by atoms with van der Waals surface area (Å²) in [5.74, 6) is 0.138. The summed E-state index contributed by atoms with van der Waals surface area (Å²) in [6.45, 7) is 3.59. The lowest BCUT2D eigenvalue weighted by molar-refractivity contribution is -0.122. The van der Waals surface area contributed by atoms with E-state index in [0.29, 0.717) is 11.4 Å². The average Bonchev–Trinajstić information content (AvgIpc) is 2.84. The van der Waals surface area contributed by atoms with E-state index in [0.717, 1.165) is 11.4 Å². The van der Waals surface area contributed by atoms with E-state index < -0.39 is 16.1 Å². The molecule has 1 aromatic heterocycles. The molecule has 24 heavy (non-hydrogen) atoms. The zero-order valence-electron chi connectivity index (χ0n) is 13.5. The zero-order chi connectivity index (χ0) is 17.5. The summed E-state index contributed by atoms with van der Waals surface area (Å²) in [5, 5.41) is 6.81. The van der Waals surface area contributed by atoms with Crippen molar-refractivity contribution in [2.75, 3.05) is 5.32 Å². The predicted octanol–water partition coefficient (Wildman–Crippen LogP) is 0.926. The lowest BCUT2D eigenvalue weighted by Crippen LogP contribution is -2.34. The standard InChI is InChI=1S/C15H18N4O4S/c1-9-6-11(19(3)18-9)8-16-24(21,22)12-4-5-14-13(7-12)17-15(20)10(2)23-14/h4-7,10,16H,8H2,1-3H3,(H,17,20). The van der Waals surface area contributed by atoms with Crippen LogP contribution in [0.1, 0.15) is 18.3 Å². The third-order valence-corrected chi connectivity index (χ3v) is 5.13. The van der Waals surface area contributed by atoms with Crippen molar-refractivity contribution in [3.05, 3.63) is 35.7 Å². The van der Waals surface area contributed by atoms with Crippen LogP contribution in [0, 0.1) is 6.92 Å². The van der Waals surface area contributed by atoms with E-state index in [1.807, 2.05) is 13.0 Å². The first-order valence-electron chi connectivity index (χ1n) is 7.37. The van der Waals surface area contributed by atoms with Crippen molar-refractivity contribution in [2.45, 2.75) is 31.4 Å². The van der Waals surface area contributed by atoms with Gasteiger partial charge in [-0.1, -0.05) is 0 Å². The van der Waals surface area contributed by atoms with E-state index in [1.54, 1.807) is 18.7 Å². The quantitative estimate of drug-likeness (QED) is 0.854. The number of anilines is 1. The number of rotatable bonds is 4. The second-order valence-electron chi connectivity index (χ2n) is 5.63. The maximum atomic E-state index is 12.5. The molecule has 1 aliphatic heterocycles. The molecule has 0 saturated heterocycles. The van der Waals surface area contributed by atoms with Crippen molar-refractivity contribution < 1.29 is 17.9 Å². The van der Waals surface area contributed by atoms with Crippen LogP contribution in [0.2, 0.25) is 0 Å². The Morgan fingerprint density at radius 2 is 2.12 bits per heavy atom. The van der Waals surface area contributed by atoms with E-state index in [2.05, 4.69) is 15.1 Å². The van der Waals surface area contributed by atoms with Crippen LogP contribution < -0.4 is 14.8 Å². The molecule has 0 bridgehead atoms. The third-order valence-electron chi connectivity index (χ3n) is 3.73. The van der Waals surface area contributed by atoms with Crippen molar-refractivity contribution in [2.24, 2.45) is 7.05 Å². The molecule has 0 spiro atoms. The van der Waals surface area contributed by atoms with Crippen molar-refractivity contribution in [1.29, 1.82) is 0 Å². The van der Waals surface area contributed by atoms with Crippen LogP contribution in [0.15, 0.2) is 29.2 Å². The largest absolute Gasteiger partial charge is 0.479 e. The van der Waals surface area contributed by atoms with Gasteiger partial charge in [-0.15, -0.1) is 0 Å². The Morgan fingerprint density at radius 1 is 1.38 bits per heavy atom. The molecule has 1 aliphatic rings. The molecule has 0 radical (unpaired) electrons. The summed E-state index contributed by atoms with van der Waals surface area (Å²) < 4.78 is 34.5. The maximum Gasteiger partial charge on any atom is 0.265 e. The van der Waals surface area contributed by atoms with Gasteiger partial charge in [-0.25, -0.2) is 13.1 Å². The molecule has 1 amide bonds. The topological polar surface area (TPSA) is 102 Å². The number of carbonyl (C=O) groups is 1. The van der Waals surface area contributed by atoms with Gasteiger partial charge in [0.25, 0.3) is 5.91 Å². The lowest BCUT2D eigenvalue weighted by atomic mass is 10.2. The van der Waals surface area contributed by atoms with E-state index in [9.17, 15) is 13.2 Å². The van der Waals surface area contributed by atoms with Crippen LogP contribution in [0.25, 0.3) is 0 Å². The number of aromatic nitrogens is 2. The first-order valence-corrected chi connectivity index (χ1v) is 8.85. The highest BCUT2D eigenvalue weighted by atomic mass is 32.2. The first kappa shape index (κ1) is 16.5. The van der Waals surface area contributed by atoms with Gasteiger partial charge in [0, 0.05) is 7.05 Å². The summed E-state index contributed by atoms with van der Waals surface area (Å²) in [5.41, 5.74) is 1.91. The molecule has 3 rings (SSSR count). The Labute approximate surface area is 139 Å². The van der Waals surface area contributed by atoms with Crippen molar-refractivity contribution in [3.63, 3.8) is 0 Å². The van der Waals surface area contributed by atoms with Crippen molar-refractivity contribution in [3.8, 4) is 5.75 Å². The molecule has 1 aromatic carbocycles. The lowest BCUT2D eigenvalue weighted by Gasteiger charge is -2.23. The van der Waals surface area contributed by atoms with Gasteiger partial charge < -0.3 is 10.1 Å². The third kappa shape index (κ3) is 3.13. The summed E-state index contributed by atoms with van der Waals surface area (Å²) >= 11 is 0. The maximum absolute atomic E-state index is 12.5. The van der Waals surface area contributed by atoms with Gasteiger partial charge in [-0.2, -0.15) is 5.10 Å². The fourth-order valence-corrected chi connectivity index (χ4v) is 3.46. The highest BCUT2D eigenvalue weighted by molar-refractivity contribution is 7.89. The van der Waals surface area contributed by atoms with Crippen molar-refractivity contribution in [1.82, 2.24) is 14.5 Å². The minimum absolute atomic E-state index is 0.0543. The zero-order valence-corrected chi connectivity index (χ0v) is 14.3. The van der Waals surface area contributed by atoms with Gasteiger partial charge in [-0.05, 0) is 38.1 Å². The number of sulfonamides is 1. The normalized spacial score (nSPS) is 17.1. The minimum Gasteiger partial charge on any atom is -0.479 e. The number of aryl methyl sites for hydroxylation is 2. The molecule has 2 N–H and O–H groups in total. The Bertz CT molecular complexity index is 904. The SMILES string of the molecule is Cc1cc(CNS(=O)(=O)c2ccc3c(c2)NC(=O)C(C)O3)n(C)n1. The van der Waals surface area contributed by atoms with E-state index in [-0.39, 0.29) is 17.3 Å². The van der Waals surface area contributed by atoms with Crippen LogP contribution in [0.5, 0.6) is 5.75 Å². The van der Waals surface area contributed by atoms with Crippen LogP contribution in [0.4, 0.5) is 5.69 Å². The Morgan fingerprint density at radius 3 is 2.79 bits per heavy atom. The summed E-state index contributed by atoms with van der Waals surface area (Å²) in [6.07, 6.45) is -0.605. The number of hydrogen-bond acceptors (Lipinski definition) is 5. The van der Waals surface area contributed by atoms with Gasteiger partial charge in [0.2, 0.25) is 10.0 Å². The van der Waals surface area contributed by atoms with Gasteiger partial charge >= 0.3 is 0 Å². The van der Waals surface area contributed by atoms with Gasteiger partial charge in [0.1, 0.15) is 5.75 Å². The van der Waals surface area contributed by atoms with Gasteiger partial charge in [0.05, 0.1) is 28.5 Å². The Balaban J connectivity index is 1.81. The molecule has 0 aliphatic carbocycles. The van der Waals surface area contributed by atoms with Crippen LogP contribution >= 0.6 is 0 Å². The van der Waals surface area contributed by atoms with Crippen LogP contribution in [-0.2, 0) is 28.4 Å². The highest BCUT2D eigenvalue weighted by Gasteiger charge is 2.25. The molecular weight excluding hydrogens is 332 g/mol. The minimum atomic E-state index is -3.73. The number of fused-ring (bicyclic) bond motifs is 1. The molecule has 2 heterocycles. The second-order valence-corrected chi connectivity index (χ2v) is 7.40. The molecular formula is C15H18N4O4S. The highest BCUT2D eigenvalue weighted by Crippen LogP contribution is 2.31. The summed E-state index contributed by atoms with van der Waals surface area (Å²) in [7, 11) is -1.97. The number of benzene rings is 1. The van der Waals surface area contributed by atoms with E-state index >= 15 is 0 Å². The van der Waals surface area contributed by atoms with E-state index in [4.69, 9.17) is 4.74 Å². The summed E-state index contributed by atoms with van der Waals surface area (Å²) in [4.78, 5) is 11.7. The smallest absolute Gasteiger partial charge is 0.265 e. The predicted molar refractivity (Wildman–Crippen MR) is 87.1 cm³/mol.